The van der Waals surface area contributed by atoms with Gasteiger partial charge in [0.1, 0.15) is 6.10 Å². The van der Waals surface area contributed by atoms with Crippen LogP contribution in [0.25, 0.3) is 0 Å². The molecule has 4 rings (SSSR count). The highest BCUT2D eigenvalue weighted by Gasteiger charge is 2.77. The maximum Gasteiger partial charge on any atom is 0.302 e. The number of Topliss-reactive ketones (excluding diaryl/α,β-unsaturated/α-hetero) is 1. The van der Waals surface area contributed by atoms with E-state index in [2.05, 4.69) is 20.4 Å². The van der Waals surface area contributed by atoms with Crippen molar-refractivity contribution in [1.29, 1.82) is 0 Å². The van der Waals surface area contributed by atoms with Gasteiger partial charge in [-0.2, -0.15) is 0 Å². The van der Waals surface area contributed by atoms with Gasteiger partial charge in [-0.1, -0.05) is 27.4 Å². The molecule has 9 atom stereocenters. The molecule has 3 N–H and O–H groups in total. The summed E-state index contributed by atoms with van der Waals surface area (Å²) in [6.07, 6.45) is -1.37. The van der Waals surface area contributed by atoms with Crippen LogP contribution in [0.3, 0.4) is 0 Å². The molecule has 4 fully saturated rings. The molecule has 8 unspecified atom stereocenters. The molecule has 0 aliphatic heterocycles. The van der Waals surface area contributed by atoms with Gasteiger partial charge in [0.05, 0.1) is 29.6 Å². The predicted octanol–water partition coefficient (Wildman–Crippen LogP) is 1.61. The van der Waals surface area contributed by atoms with Crippen LogP contribution < -0.4 is 0 Å². The molecule has 1 spiro atoms. The zero-order valence-electron chi connectivity index (χ0n) is 17.1. The SMILES string of the molecule is C=C1C(=O)C23C(O)CC4C(C)(C)CCC(O)C4(C)C2CC(OC(C)=O)C1[C@H]3O. The molecule has 156 valence electrons. The topological polar surface area (TPSA) is 104 Å². The fourth-order valence-electron chi connectivity index (χ4n) is 7.64. The molecule has 6 nitrogen and oxygen atoms in total. The van der Waals surface area contributed by atoms with Crippen molar-refractivity contribution in [2.45, 2.75) is 77.8 Å². The summed E-state index contributed by atoms with van der Waals surface area (Å²) in [4.78, 5) is 25.2. The molecule has 0 aromatic carbocycles. The quantitative estimate of drug-likeness (QED) is 0.463. The lowest BCUT2D eigenvalue weighted by Crippen LogP contribution is -2.71. The summed E-state index contributed by atoms with van der Waals surface area (Å²) >= 11 is 0. The number of esters is 1. The number of hydrogen-bond acceptors (Lipinski definition) is 6. The third kappa shape index (κ3) is 2.14. The van der Waals surface area contributed by atoms with Crippen LogP contribution in [0.15, 0.2) is 12.2 Å². The second kappa shape index (κ2) is 5.89. The molecule has 4 aliphatic rings. The third-order valence-corrected chi connectivity index (χ3v) is 8.91. The van der Waals surface area contributed by atoms with Gasteiger partial charge in [0, 0.05) is 12.3 Å². The van der Waals surface area contributed by atoms with E-state index in [1.54, 1.807) is 0 Å². The molecule has 2 bridgehead atoms. The molecule has 0 saturated heterocycles. The molecule has 4 saturated carbocycles. The number of aliphatic hydroxyl groups is 3. The summed E-state index contributed by atoms with van der Waals surface area (Å²) in [6, 6.07) is 0. The number of carbonyl (C=O) groups is 2. The molecule has 6 heteroatoms. The van der Waals surface area contributed by atoms with Gasteiger partial charge in [0.15, 0.2) is 5.78 Å². The minimum atomic E-state index is -1.38. The van der Waals surface area contributed by atoms with Gasteiger partial charge in [-0.3, -0.25) is 9.59 Å². The monoisotopic (exact) mass is 392 g/mol. The molecule has 0 heterocycles. The van der Waals surface area contributed by atoms with Crippen molar-refractivity contribution in [3.8, 4) is 0 Å². The predicted molar refractivity (Wildman–Crippen MR) is 101 cm³/mol. The average Bonchev–Trinajstić information content (AvgIpc) is 2.72. The van der Waals surface area contributed by atoms with Crippen molar-refractivity contribution in [1.82, 2.24) is 0 Å². The number of ether oxygens (including phenoxy) is 1. The number of fused-ring (bicyclic) bond motifs is 3. The summed E-state index contributed by atoms with van der Waals surface area (Å²) in [5.41, 5.74) is -1.94. The molecular weight excluding hydrogens is 360 g/mol. The highest BCUT2D eigenvalue weighted by Crippen LogP contribution is 2.71. The van der Waals surface area contributed by atoms with E-state index in [-0.39, 0.29) is 22.7 Å². The van der Waals surface area contributed by atoms with E-state index in [9.17, 15) is 24.9 Å². The van der Waals surface area contributed by atoms with Gasteiger partial charge >= 0.3 is 5.97 Å². The first kappa shape index (κ1) is 20.0. The number of aliphatic hydroxyl groups excluding tert-OH is 3. The number of rotatable bonds is 1. The van der Waals surface area contributed by atoms with Gasteiger partial charge in [-0.25, -0.2) is 0 Å². The Morgan fingerprint density at radius 2 is 1.75 bits per heavy atom. The van der Waals surface area contributed by atoms with Gasteiger partial charge in [0.2, 0.25) is 0 Å². The van der Waals surface area contributed by atoms with Gasteiger partial charge in [-0.15, -0.1) is 0 Å². The first-order chi connectivity index (χ1) is 12.9. The van der Waals surface area contributed by atoms with Gasteiger partial charge < -0.3 is 20.1 Å². The van der Waals surface area contributed by atoms with Crippen LogP contribution in [0.1, 0.15) is 53.4 Å². The fraction of sp³-hybridized carbons (Fsp3) is 0.818. The summed E-state index contributed by atoms with van der Waals surface area (Å²) in [7, 11) is 0. The Morgan fingerprint density at radius 1 is 1.11 bits per heavy atom. The van der Waals surface area contributed by atoms with E-state index < -0.39 is 53.1 Å². The van der Waals surface area contributed by atoms with Crippen LogP contribution in [-0.2, 0) is 14.3 Å². The van der Waals surface area contributed by atoms with Crippen molar-refractivity contribution < 1.29 is 29.6 Å². The Hall–Kier alpha value is -1.24. The minimum absolute atomic E-state index is 0.0160. The molecule has 0 radical (unpaired) electrons. The van der Waals surface area contributed by atoms with E-state index in [1.807, 2.05) is 6.92 Å². The summed E-state index contributed by atoms with van der Waals surface area (Å²) in [5, 5.41) is 33.7. The highest BCUT2D eigenvalue weighted by atomic mass is 16.5. The molecule has 0 aromatic heterocycles. The van der Waals surface area contributed by atoms with E-state index in [4.69, 9.17) is 4.74 Å². The van der Waals surface area contributed by atoms with Gasteiger partial charge in [-0.05, 0) is 48.5 Å². The standard InChI is InChI=1S/C22H32O6/c1-10-17-12(28-11(2)23)8-14-21(5)13(20(3,4)7-6-15(21)24)9-16(25)22(14,18(10)26)19(17)27/h12-17,19,24-25,27H,1,6-9H2,2-5H3/t12?,13?,14?,15?,16?,17?,19-,21?,22?/m1/s1. The lowest BCUT2D eigenvalue weighted by molar-refractivity contribution is -0.263. The van der Waals surface area contributed by atoms with E-state index in [0.29, 0.717) is 19.3 Å². The van der Waals surface area contributed by atoms with Crippen LogP contribution in [0.5, 0.6) is 0 Å². The Morgan fingerprint density at radius 3 is 2.36 bits per heavy atom. The third-order valence-electron chi connectivity index (χ3n) is 8.91. The lowest BCUT2D eigenvalue weighted by atomic mass is 9.39. The van der Waals surface area contributed by atoms with E-state index >= 15 is 0 Å². The molecule has 0 amide bonds. The maximum atomic E-state index is 13.4. The van der Waals surface area contributed by atoms with Crippen molar-refractivity contribution >= 4 is 11.8 Å². The summed E-state index contributed by atoms with van der Waals surface area (Å²) in [5.74, 6) is -2.01. The largest absolute Gasteiger partial charge is 0.462 e. The first-order valence-electron chi connectivity index (χ1n) is 10.3. The fourth-order valence-corrected chi connectivity index (χ4v) is 7.64. The van der Waals surface area contributed by atoms with Crippen molar-refractivity contribution in [2.24, 2.45) is 34.0 Å². The molecule has 0 aromatic rings. The minimum Gasteiger partial charge on any atom is -0.462 e. The first-order valence-corrected chi connectivity index (χ1v) is 10.3. The summed E-state index contributed by atoms with van der Waals surface area (Å²) in [6.45, 7) is 11.5. The Balaban J connectivity index is 1.91. The van der Waals surface area contributed by atoms with E-state index in [0.717, 1.165) is 6.42 Å². The lowest BCUT2D eigenvalue weighted by Gasteiger charge is -2.66. The van der Waals surface area contributed by atoms with E-state index in [1.165, 1.54) is 6.92 Å². The van der Waals surface area contributed by atoms with Crippen LogP contribution in [0, 0.1) is 34.0 Å². The zero-order valence-corrected chi connectivity index (χ0v) is 17.1. The molecule has 4 aliphatic carbocycles. The van der Waals surface area contributed by atoms with Crippen molar-refractivity contribution in [2.75, 3.05) is 0 Å². The van der Waals surface area contributed by atoms with Gasteiger partial charge in [0.25, 0.3) is 0 Å². The Labute approximate surface area is 166 Å². The molecular formula is C22H32O6. The molecule has 28 heavy (non-hydrogen) atoms. The zero-order chi connectivity index (χ0) is 20.8. The second-order valence-electron chi connectivity index (χ2n) is 10.4. The highest BCUT2D eigenvalue weighted by molar-refractivity contribution is 6.04. The number of carbonyl (C=O) groups excluding carboxylic acids is 2. The van der Waals surface area contributed by atoms with Crippen LogP contribution >= 0.6 is 0 Å². The summed E-state index contributed by atoms with van der Waals surface area (Å²) < 4.78 is 5.53. The average molecular weight is 392 g/mol. The smallest absolute Gasteiger partial charge is 0.302 e. The Kier molecular flexibility index (Phi) is 4.22. The normalized spacial score (nSPS) is 52.0. The van der Waals surface area contributed by atoms with Crippen molar-refractivity contribution in [3.05, 3.63) is 12.2 Å². The maximum absolute atomic E-state index is 13.4. The Bertz CT molecular complexity index is 743. The van der Waals surface area contributed by atoms with Crippen molar-refractivity contribution in [3.63, 3.8) is 0 Å². The van der Waals surface area contributed by atoms with Crippen LogP contribution in [-0.4, -0.2) is 51.5 Å². The van der Waals surface area contributed by atoms with Crippen LogP contribution in [0.4, 0.5) is 0 Å². The number of ketones is 1. The van der Waals surface area contributed by atoms with Crippen LogP contribution in [0.2, 0.25) is 0 Å². The second-order valence-corrected chi connectivity index (χ2v) is 10.4. The number of hydrogen-bond donors (Lipinski definition) is 3.